The van der Waals surface area contributed by atoms with E-state index in [1.807, 2.05) is 6.07 Å². The molecule has 0 fully saturated rings. The van der Waals surface area contributed by atoms with Gasteiger partial charge in [-0.3, -0.25) is 0 Å². The monoisotopic (exact) mass is 319 g/mol. The molecule has 0 aromatic heterocycles. The lowest BCUT2D eigenvalue weighted by atomic mass is 10.1. The van der Waals surface area contributed by atoms with Crippen LogP contribution in [0.5, 0.6) is 0 Å². The van der Waals surface area contributed by atoms with Gasteiger partial charge in [-0.05, 0) is 60.9 Å². The molecule has 21 heavy (non-hydrogen) atoms. The van der Waals surface area contributed by atoms with Crippen molar-refractivity contribution >= 4 is 23.4 Å². The standard InChI is InChI=1S/C18H22ClNS/c1-12(2)20-11-15-10-16(19)6-8-18(15)21-17-7-5-13(3)14(4)9-17/h5-10,12,20H,11H2,1-4H3. The number of benzene rings is 2. The number of aryl methyl sites for hydroxylation is 2. The molecule has 2 rings (SSSR count). The number of nitrogens with one attached hydrogen (secondary N) is 1. The third-order valence-corrected chi connectivity index (χ3v) is 4.77. The minimum atomic E-state index is 0.462. The highest BCUT2D eigenvalue weighted by Gasteiger charge is 2.07. The molecule has 0 saturated heterocycles. The van der Waals surface area contributed by atoms with E-state index >= 15 is 0 Å². The van der Waals surface area contributed by atoms with Gasteiger partial charge in [0.1, 0.15) is 0 Å². The number of halogens is 1. The number of hydrogen-bond donors (Lipinski definition) is 1. The van der Waals surface area contributed by atoms with E-state index < -0.39 is 0 Å². The molecule has 0 amide bonds. The van der Waals surface area contributed by atoms with Crippen LogP contribution >= 0.6 is 23.4 Å². The van der Waals surface area contributed by atoms with Crippen molar-refractivity contribution in [1.82, 2.24) is 5.32 Å². The second-order valence-corrected chi connectivity index (χ2v) is 7.19. The summed E-state index contributed by atoms with van der Waals surface area (Å²) in [5, 5.41) is 4.26. The normalized spacial score (nSPS) is 11.1. The predicted octanol–water partition coefficient (Wildman–Crippen LogP) is 5.61. The Kier molecular flexibility index (Phi) is 5.74. The Labute approximate surface area is 137 Å². The second kappa shape index (κ2) is 7.35. The van der Waals surface area contributed by atoms with Crippen molar-refractivity contribution in [3.05, 3.63) is 58.1 Å². The molecule has 0 aliphatic rings. The summed E-state index contributed by atoms with van der Waals surface area (Å²) in [4.78, 5) is 2.53. The molecule has 1 nitrogen and oxygen atoms in total. The third kappa shape index (κ3) is 4.77. The van der Waals surface area contributed by atoms with Gasteiger partial charge in [0, 0.05) is 27.4 Å². The van der Waals surface area contributed by atoms with Gasteiger partial charge in [-0.15, -0.1) is 0 Å². The summed E-state index contributed by atoms with van der Waals surface area (Å²) in [6.07, 6.45) is 0. The van der Waals surface area contributed by atoms with E-state index in [9.17, 15) is 0 Å². The molecule has 1 N–H and O–H groups in total. The van der Waals surface area contributed by atoms with E-state index in [2.05, 4.69) is 63.3 Å². The van der Waals surface area contributed by atoms with Crippen LogP contribution in [0.2, 0.25) is 5.02 Å². The van der Waals surface area contributed by atoms with Crippen molar-refractivity contribution < 1.29 is 0 Å². The van der Waals surface area contributed by atoms with Crippen molar-refractivity contribution in [2.45, 2.75) is 50.1 Å². The lowest BCUT2D eigenvalue weighted by Gasteiger charge is -2.13. The minimum Gasteiger partial charge on any atom is -0.310 e. The SMILES string of the molecule is Cc1ccc(Sc2ccc(Cl)cc2CNC(C)C)cc1C. The highest BCUT2D eigenvalue weighted by Crippen LogP contribution is 2.33. The fourth-order valence-electron chi connectivity index (χ4n) is 2.00. The molecule has 0 saturated carbocycles. The summed E-state index contributed by atoms with van der Waals surface area (Å²) in [5.74, 6) is 0. The minimum absolute atomic E-state index is 0.462. The largest absolute Gasteiger partial charge is 0.310 e. The van der Waals surface area contributed by atoms with Crippen LogP contribution in [0.1, 0.15) is 30.5 Å². The average Bonchev–Trinajstić information content (AvgIpc) is 2.43. The maximum atomic E-state index is 6.14. The van der Waals surface area contributed by atoms with Crippen LogP contribution in [0.3, 0.4) is 0 Å². The van der Waals surface area contributed by atoms with Gasteiger partial charge < -0.3 is 5.32 Å². The summed E-state index contributed by atoms with van der Waals surface area (Å²) in [5.41, 5.74) is 3.91. The van der Waals surface area contributed by atoms with Gasteiger partial charge in [0.15, 0.2) is 0 Å². The Balaban J connectivity index is 2.23. The van der Waals surface area contributed by atoms with Crippen LogP contribution in [-0.4, -0.2) is 6.04 Å². The molecule has 2 aromatic rings. The van der Waals surface area contributed by atoms with Gasteiger partial charge in [-0.1, -0.05) is 43.3 Å². The van der Waals surface area contributed by atoms with Crippen LogP contribution in [0.4, 0.5) is 0 Å². The molecule has 0 aliphatic carbocycles. The van der Waals surface area contributed by atoms with Crippen molar-refractivity contribution in [3.8, 4) is 0 Å². The quantitative estimate of drug-likeness (QED) is 0.769. The first-order valence-corrected chi connectivity index (χ1v) is 8.42. The van der Waals surface area contributed by atoms with Gasteiger partial charge in [-0.2, -0.15) is 0 Å². The maximum absolute atomic E-state index is 6.14. The third-order valence-electron chi connectivity index (χ3n) is 3.43. The first-order valence-electron chi connectivity index (χ1n) is 7.22. The van der Waals surface area contributed by atoms with E-state index in [0.29, 0.717) is 6.04 Å². The lowest BCUT2D eigenvalue weighted by Crippen LogP contribution is -2.22. The van der Waals surface area contributed by atoms with Gasteiger partial charge in [0.05, 0.1) is 0 Å². The van der Waals surface area contributed by atoms with Gasteiger partial charge in [0.25, 0.3) is 0 Å². The zero-order valence-corrected chi connectivity index (χ0v) is 14.6. The molecule has 0 atom stereocenters. The topological polar surface area (TPSA) is 12.0 Å². The van der Waals surface area contributed by atoms with Crippen molar-refractivity contribution in [3.63, 3.8) is 0 Å². The molecule has 112 valence electrons. The Hall–Kier alpha value is -0.960. The average molecular weight is 320 g/mol. The molecule has 0 radical (unpaired) electrons. The maximum Gasteiger partial charge on any atom is 0.0410 e. The second-order valence-electron chi connectivity index (χ2n) is 5.64. The van der Waals surface area contributed by atoms with Gasteiger partial charge in [0.2, 0.25) is 0 Å². The fraction of sp³-hybridized carbons (Fsp3) is 0.333. The van der Waals surface area contributed by atoms with Crippen LogP contribution in [-0.2, 0) is 6.54 Å². The summed E-state index contributed by atoms with van der Waals surface area (Å²) >= 11 is 7.94. The Bertz CT molecular complexity index is 623. The fourth-order valence-corrected chi connectivity index (χ4v) is 3.22. The smallest absolute Gasteiger partial charge is 0.0410 e. The molecule has 0 heterocycles. The van der Waals surface area contributed by atoms with Crippen molar-refractivity contribution in [2.75, 3.05) is 0 Å². The lowest BCUT2D eigenvalue weighted by molar-refractivity contribution is 0.585. The van der Waals surface area contributed by atoms with Crippen molar-refractivity contribution in [2.24, 2.45) is 0 Å². The predicted molar refractivity (Wildman–Crippen MR) is 93.5 cm³/mol. The molecule has 0 aliphatic heterocycles. The van der Waals surface area contributed by atoms with Gasteiger partial charge >= 0.3 is 0 Å². The molecule has 2 aromatic carbocycles. The highest BCUT2D eigenvalue weighted by atomic mass is 35.5. The zero-order chi connectivity index (χ0) is 15.4. The summed E-state index contributed by atoms with van der Waals surface area (Å²) < 4.78 is 0. The Morgan fingerprint density at radius 1 is 1.05 bits per heavy atom. The molecule has 0 bridgehead atoms. The summed E-state index contributed by atoms with van der Waals surface area (Å²) in [7, 11) is 0. The summed E-state index contributed by atoms with van der Waals surface area (Å²) in [6.45, 7) is 9.44. The Morgan fingerprint density at radius 3 is 2.48 bits per heavy atom. The molecular weight excluding hydrogens is 298 g/mol. The van der Waals surface area contributed by atoms with E-state index in [0.717, 1.165) is 11.6 Å². The molecule has 3 heteroatoms. The van der Waals surface area contributed by atoms with E-state index in [1.54, 1.807) is 11.8 Å². The van der Waals surface area contributed by atoms with Gasteiger partial charge in [-0.25, -0.2) is 0 Å². The van der Waals surface area contributed by atoms with E-state index in [1.165, 1.54) is 26.5 Å². The van der Waals surface area contributed by atoms with Crippen LogP contribution < -0.4 is 5.32 Å². The first-order chi connectivity index (χ1) is 9.95. The van der Waals surface area contributed by atoms with Crippen molar-refractivity contribution in [1.29, 1.82) is 0 Å². The molecule has 0 spiro atoms. The van der Waals surface area contributed by atoms with Crippen LogP contribution in [0.25, 0.3) is 0 Å². The summed E-state index contributed by atoms with van der Waals surface area (Å²) in [6, 6.07) is 13.2. The molecular formula is C18H22ClNS. The zero-order valence-electron chi connectivity index (χ0n) is 13.0. The highest BCUT2D eigenvalue weighted by molar-refractivity contribution is 7.99. The molecule has 0 unspecified atom stereocenters. The van der Waals surface area contributed by atoms with Crippen LogP contribution in [0.15, 0.2) is 46.2 Å². The number of rotatable bonds is 5. The van der Waals surface area contributed by atoms with E-state index in [4.69, 9.17) is 11.6 Å². The number of hydrogen-bond acceptors (Lipinski definition) is 2. The first kappa shape index (κ1) is 16.4. The van der Waals surface area contributed by atoms with Crippen LogP contribution in [0, 0.1) is 13.8 Å². The Morgan fingerprint density at radius 2 is 1.81 bits per heavy atom. The van der Waals surface area contributed by atoms with E-state index in [-0.39, 0.29) is 0 Å².